The summed E-state index contributed by atoms with van der Waals surface area (Å²) in [6.45, 7) is 0. The van der Waals surface area contributed by atoms with Gasteiger partial charge in [-0.15, -0.1) is 11.3 Å². The van der Waals surface area contributed by atoms with E-state index < -0.39 is 17.5 Å². The number of anilines is 2. The van der Waals surface area contributed by atoms with Crippen molar-refractivity contribution in [3.63, 3.8) is 0 Å². The van der Waals surface area contributed by atoms with Crippen molar-refractivity contribution in [2.24, 2.45) is 0 Å². The van der Waals surface area contributed by atoms with Crippen LogP contribution in [0.1, 0.15) is 5.56 Å². The van der Waals surface area contributed by atoms with Crippen LogP contribution in [-0.2, 0) is 6.18 Å². The number of thiophene rings is 1. The molecule has 0 unspecified atom stereocenters. The molecule has 0 aliphatic heterocycles. The van der Waals surface area contributed by atoms with Crippen LogP contribution < -0.4 is 10.5 Å². The first kappa shape index (κ1) is 18.8. The maximum Gasteiger partial charge on any atom is 0.419 e. The third-order valence-electron chi connectivity index (χ3n) is 3.49. The van der Waals surface area contributed by atoms with Gasteiger partial charge in [0, 0.05) is 28.6 Å². The van der Waals surface area contributed by atoms with Gasteiger partial charge in [-0.1, -0.05) is 29.8 Å². The summed E-state index contributed by atoms with van der Waals surface area (Å²) in [4.78, 5) is 0. The largest absolute Gasteiger partial charge is 0.507 e. The topological polar surface area (TPSA) is 58.3 Å². The predicted molar refractivity (Wildman–Crippen MR) is 102 cm³/mol. The molecule has 0 saturated carbocycles. The summed E-state index contributed by atoms with van der Waals surface area (Å²) in [7, 11) is 0. The Morgan fingerprint density at radius 2 is 1.81 bits per heavy atom. The molecular weight excluding hydrogens is 405 g/mol. The number of benzene rings is 2. The van der Waals surface area contributed by atoms with Gasteiger partial charge in [0.2, 0.25) is 0 Å². The summed E-state index contributed by atoms with van der Waals surface area (Å²) in [5.41, 5.74) is 7.43. The molecule has 0 bridgehead atoms. The number of rotatable bonds is 4. The second-order valence-corrected chi connectivity index (χ2v) is 8.03. The molecule has 0 radical (unpaired) electrons. The Balaban J connectivity index is 1.76. The van der Waals surface area contributed by atoms with Crippen LogP contribution in [0.4, 0.5) is 24.5 Å². The summed E-state index contributed by atoms with van der Waals surface area (Å²) >= 11 is 8.78. The number of nitrogens with one attached hydrogen (secondary N) is 1. The Hall–Kier alpha value is -2.03. The Morgan fingerprint density at radius 1 is 1.08 bits per heavy atom. The SMILES string of the molecule is Nc1ccccc1-c1cc(SNc2ccc(C(F)(F)F)c(O)c2)sc1Cl. The second kappa shape index (κ2) is 7.30. The van der Waals surface area contributed by atoms with E-state index in [1.807, 2.05) is 24.3 Å². The monoisotopic (exact) mass is 416 g/mol. The van der Waals surface area contributed by atoms with Gasteiger partial charge in [-0.25, -0.2) is 0 Å². The number of hydrogen-bond donors (Lipinski definition) is 3. The fourth-order valence-corrected chi connectivity index (χ4v) is 4.51. The van der Waals surface area contributed by atoms with Gasteiger partial charge in [0.15, 0.2) is 0 Å². The van der Waals surface area contributed by atoms with E-state index in [-0.39, 0.29) is 0 Å². The minimum absolute atomic E-state index is 0.339. The minimum atomic E-state index is -4.60. The normalized spacial score (nSPS) is 11.5. The van der Waals surface area contributed by atoms with E-state index in [0.29, 0.717) is 15.7 Å². The fraction of sp³-hybridized carbons (Fsp3) is 0.0588. The number of para-hydroxylation sites is 1. The van der Waals surface area contributed by atoms with Crippen molar-refractivity contribution in [2.75, 3.05) is 10.5 Å². The van der Waals surface area contributed by atoms with E-state index in [1.54, 1.807) is 6.07 Å². The van der Waals surface area contributed by atoms with Crippen molar-refractivity contribution in [2.45, 2.75) is 10.4 Å². The van der Waals surface area contributed by atoms with Crippen molar-refractivity contribution in [3.8, 4) is 16.9 Å². The zero-order valence-corrected chi connectivity index (χ0v) is 15.4. The zero-order valence-electron chi connectivity index (χ0n) is 13.0. The van der Waals surface area contributed by atoms with Gasteiger partial charge in [0.05, 0.1) is 9.77 Å². The van der Waals surface area contributed by atoms with Gasteiger partial charge >= 0.3 is 6.18 Å². The highest BCUT2D eigenvalue weighted by Crippen LogP contribution is 2.42. The number of hydrogen-bond acceptors (Lipinski definition) is 5. The predicted octanol–water partition coefficient (Wildman–Crippen LogP) is 6.49. The van der Waals surface area contributed by atoms with E-state index in [2.05, 4.69) is 4.72 Å². The molecule has 9 heteroatoms. The molecular formula is C17H12ClF3N2OS2. The minimum Gasteiger partial charge on any atom is -0.507 e. The lowest BCUT2D eigenvalue weighted by Gasteiger charge is -2.10. The average Bonchev–Trinajstić information content (AvgIpc) is 2.93. The van der Waals surface area contributed by atoms with Gasteiger partial charge in [-0.3, -0.25) is 0 Å². The Labute approximate surface area is 160 Å². The third-order valence-corrected chi connectivity index (χ3v) is 5.80. The van der Waals surface area contributed by atoms with Crippen molar-refractivity contribution < 1.29 is 18.3 Å². The molecule has 4 N–H and O–H groups in total. The first-order valence-electron chi connectivity index (χ1n) is 7.23. The summed E-state index contributed by atoms with van der Waals surface area (Å²) < 4.78 is 42.2. The van der Waals surface area contributed by atoms with Crippen LogP contribution in [0.15, 0.2) is 52.7 Å². The molecule has 0 atom stereocenters. The molecule has 2 aromatic carbocycles. The molecule has 0 saturated heterocycles. The molecule has 1 aromatic heterocycles. The zero-order chi connectivity index (χ0) is 18.9. The first-order valence-corrected chi connectivity index (χ1v) is 9.24. The molecule has 0 spiro atoms. The fourth-order valence-electron chi connectivity index (χ4n) is 2.27. The van der Waals surface area contributed by atoms with Crippen LogP contribution in [-0.4, -0.2) is 5.11 Å². The van der Waals surface area contributed by atoms with Gasteiger partial charge in [-0.2, -0.15) is 13.2 Å². The van der Waals surface area contributed by atoms with Gasteiger partial charge in [0.1, 0.15) is 10.1 Å². The lowest BCUT2D eigenvalue weighted by atomic mass is 10.1. The molecule has 3 nitrogen and oxygen atoms in total. The Kier molecular flexibility index (Phi) is 5.27. The molecule has 3 rings (SSSR count). The van der Waals surface area contributed by atoms with Crippen LogP contribution >= 0.6 is 34.9 Å². The molecule has 136 valence electrons. The maximum atomic E-state index is 12.7. The highest BCUT2D eigenvalue weighted by molar-refractivity contribution is 8.02. The molecule has 0 fully saturated rings. The second-order valence-electron chi connectivity index (χ2n) is 5.27. The quantitative estimate of drug-likeness (QED) is 0.336. The summed E-state index contributed by atoms with van der Waals surface area (Å²) in [5.74, 6) is -0.829. The van der Waals surface area contributed by atoms with E-state index >= 15 is 0 Å². The lowest BCUT2D eigenvalue weighted by Crippen LogP contribution is -2.05. The molecule has 0 aliphatic rings. The van der Waals surface area contributed by atoms with Crippen LogP contribution in [0.2, 0.25) is 4.34 Å². The van der Waals surface area contributed by atoms with Gasteiger partial charge < -0.3 is 15.6 Å². The standard InChI is InChI=1S/C17H12ClF3N2OS2/c18-16-11(10-3-1-2-4-13(10)22)8-15(25-16)26-23-9-5-6-12(14(24)7-9)17(19,20)21/h1-8,23-24H,22H2. The van der Waals surface area contributed by atoms with E-state index in [1.165, 1.54) is 29.4 Å². The number of nitrogen functional groups attached to an aromatic ring is 1. The Bertz CT molecular complexity index is 944. The molecule has 26 heavy (non-hydrogen) atoms. The first-order chi connectivity index (χ1) is 12.3. The Morgan fingerprint density at radius 3 is 2.46 bits per heavy atom. The number of phenols is 1. The maximum absolute atomic E-state index is 12.7. The van der Waals surface area contributed by atoms with Crippen molar-refractivity contribution >= 4 is 46.3 Å². The van der Waals surface area contributed by atoms with Crippen LogP contribution in [0.3, 0.4) is 0 Å². The molecule has 0 amide bonds. The lowest BCUT2D eigenvalue weighted by molar-refractivity contribution is -0.138. The van der Waals surface area contributed by atoms with E-state index in [0.717, 1.165) is 27.5 Å². The van der Waals surface area contributed by atoms with Crippen molar-refractivity contribution in [3.05, 3.63) is 58.4 Å². The van der Waals surface area contributed by atoms with Gasteiger partial charge in [-0.05, 0) is 36.2 Å². The van der Waals surface area contributed by atoms with Crippen LogP contribution in [0.5, 0.6) is 5.75 Å². The number of phenolic OH excluding ortho intramolecular Hbond substituents is 1. The highest BCUT2D eigenvalue weighted by Gasteiger charge is 2.33. The van der Waals surface area contributed by atoms with E-state index in [4.69, 9.17) is 17.3 Å². The molecule has 3 aromatic rings. The summed E-state index contributed by atoms with van der Waals surface area (Å²) in [5, 5.41) is 9.55. The summed E-state index contributed by atoms with van der Waals surface area (Å²) in [6.07, 6.45) is -4.60. The summed E-state index contributed by atoms with van der Waals surface area (Å²) in [6, 6.07) is 12.3. The van der Waals surface area contributed by atoms with Crippen LogP contribution in [0, 0.1) is 0 Å². The van der Waals surface area contributed by atoms with Gasteiger partial charge in [0.25, 0.3) is 0 Å². The van der Waals surface area contributed by atoms with Crippen LogP contribution in [0.25, 0.3) is 11.1 Å². The van der Waals surface area contributed by atoms with Crippen molar-refractivity contribution in [1.29, 1.82) is 0 Å². The van der Waals surface area contributed by atoms with E-state index in [9.17, 15) is 18.3 Å². The number of aromatic hydroxyl groups is 1. The number of nitrogens with two attached hydrogens (primary N) is 1. The number of halogens is 4. The molecule has 1 heterocycles. The van der Waals surface area contributed by atoms with Crippen molar-refractivity contribution in [1.82, 2.24) is 0 Å². The smallest absolute Gasteiger partial charge is 0.419 e. The molecule has 0 aliphatic carbocycles. The highest BCUT2D eigenvalue weighted by atomic mass is 35.5. The third kappa shape index (κ3) is 4.03. The average molecular weight is 417 g/mol. The number of alkyl halides is 3.